The zero-order chi connectivity index (χ0) is 69.9. The molecule has 1 aliphatic rings. The van der Waals surface area contributed by atoms with E-state index in [4.69, 9.17) is 71.4 Å². The van der Waals surface area contributed by atoms with Crippen molar-refractivity contribution in [2.75, 3.05) is 58.8 Å². The molecule has 1 aliphatic heterocycles. The van der Waals surface area contributed by atoms with Crippen LogP contribution in [0.3, 0.4) is 0 Å². The maximum absolute atomic E-state index is 13.0. The third kappa shape index (κ3) is 58.4. The van der Waals surface area contributed by atoms with Crippen molar-refractivity contribution in [2.45, 2.75) is 228 Å². The van der Waals surface area contributed by atoms with Crippen molar-refractivity contribution in [3.05, 3.63) is 60.7 Å². The molecule has 0 saturated carbocycles. The number of unbranched alkanes of at least 4 members (excludes halogenated alkanes) is 4. The number of azide groups is 3. The van der Waals surface area contributed by atoms with E-state index in [0.29, 0.717) is 89.5 Å². The van der Waals surface area contributed by atoms with E-state index in [0.717, 1.165) is 25.5 Å². The number of nitrogens with zero attached hydrogens (tertiary/aromatic N) is 9. The molecule has 1 fully saturated rings. The summed E-state index contributed by atoms with van der Waals surface area (Å²) in [6, 6.07) is 4.49. The van der Waals surface area contributed by atoms with Crippen LogP contribution in [-0.4, -0.2) is 165 Å². The first kappa shape index (κ1) is 93.3. The van der Waals surface area contributed by atoms with E-state index >= 15 is 0 Å². The molecule has 524 valence electrons. The lowest BCUT2D eigenvalue weighted by atomic mass is 9.88. The van der Waals surface area contributed by atoms with Crippen LogP contribution in [0.1, 0.15) is 196 Å². The van der Waals surface area contributed by atoms with E-state index in [1.54, 1.807) is 33.8 Å². The number of Topliss-reactive ketones (excluding diaryl/α,β-unsaturated/α-hetero) is 2. The highest BCUT2D eigenvalue weighted by Crippen LogP contribution is 2.34. The fourth-order valence-corrected chi connectivity index (χ4v) is 7.34. The Hall–Kier alpha value is -6.40. The van der Waals surface area contributed by atoms with Gasteiger partial charge in [-0.15, -0.1) is 12.4 Å². The molecule has 0 aromatic heterocycles. The lowest BCUT2D eigenvalue weighted by molar-refractivity contribution is -0.261. The van der Waals surface area contributed by atoms with Crippen LogP contribution in [0.25, 0.3) is 31.3 Å². The van der Waals surface area contributed by atoms with Crippen LogP contribution in [0.4, 0.5) is 0 Å². The fourth-order valence-electron chi connectivity index (χ4n) is 6.92. The summed E-state index contributed by atoms with van der Waals surface area (Å²) >= 11 is 0. The van der Waals surface area contributed by atoms with Crippen molar-refractivity contribution in [3.8, 4) is 5.75 Å². The third-order valence-electron chi connectivity index (χ3n) is 10.6. The number of aliphatic hydroxyl groups is 3. The molecule has 91 heavy (non-hydrogen) atoms. The van der Waals surface area contributed by atoms with Crippen molar-refractivity contribution >= 4 is 63.9 Å². The molecule has 33 heteroatoms. The normalized spacial score (nSPS) is 15.5. The summed E-state index contributed by atoms with van der Waals surface area (Å²) in [5.41, 5.74) is 33.5. The summed E-state index contributed by atoms with van der Waals surface area (Å²) in [7, 11) is -3.37. The topological polar surface area (TPSA) is 486 Å². The Morgan fingerprint density at radius 1 is 0.604 bits per heavy atom. The minimum atomic E-state index is -3.37. The van der Waals surface area contributed by atoms with Gasteiger partial charge in [0.25, 0.3) is 10.1 Å². The van der Waals surface area contributed by atoms with Gasteiger partial charge in [-0.2, -0.15) is 8.42 Å². The second-order valence-electron chi connectivity index (χ2n) is 22.8. The van der Waals surface area contributed by atoms with Gasteiger partial charge in [-0.1, -0.05) is 28.3 Å². The number of rotatable bonds is 32. The Bertz CT molecular complexity index is 2510. The second-order valence-corrected chi connectivity index (χ2v) is 24.4. The summed E-state index contributed by atoms with van der Waals surface area (Å²) in [5, 5.41) is 36.1. The van der Waals surface area contributed by atoms with Crippen LogP contribution in [0.2, 0.25) is 0 Å². The molecule has 31 nitrogen and oxygen atoms in total. The molecule has 5 atom stereocenters. The average Bonchev–Trinajstić information content (AvgIpc) is 0.847. The van der Waals surface area contributed by atoms with E-state index in [1.165, 1.54) is 32.9 Å². The number of hydrogen-bond donors (Lipinski definition) is 5. The number of carbonyl (C=O) groups is 7. The Morgan fingerprint density at radius 3 is 1.37 bits per heavy atom. The maximum Gasteiger partial charge on any atom is 0.306 e. The van der Waals surface area contributed by atoms with Crippen molar-refractivity contribution in [3.63, 3.8) is 0 Å². The van der Waals surface area contributed by atoms with Crippen LogP contribution in [-0.2, 0) is 78.1 Å². The number of aliphatic hydroxyl groups excluding tert-OH is 3. The van der Waals surface area contributed by atoms with E-state index in [1.807, 2.05) is 41.5 Å². The molecule has 1 heterocycles. The molecule has 7 N–H and O–H groups in total. The molecule has 0 bridgehead atoms. The van der Waals surface area contributed by atoms with Crippen molar-refractivity contribution in [1.82, 2.24) is 0 Å². The summed E-state index contributed by atoms with van der Waals surface area (Å²) in [5.74, 6) is -3.19. The Labute approximate surface area is 542 Å². The van der Waals surface area contributed by atoms with Gasteiger partial charge in [0.05, 0.1) is 25.0 Å². The van der Waals surface area contributed by atoms with Gasteiger partial charge in [0, 0.05) is 93.0 Å². The minimum absolute atomic E-state index is 0. The molecule has 0 unspecified atom stereocenters. The number of carbonyl (C=O) groups excluding carboxylic acids is 7. The summed E-state index contributed by atoms with van der Waals surface area (Å²) in [6.45, 7) is 24.3. The lowest BCUT2D eigenvalue weighted by Crippen LogP contribution is -2.59. The van der Waals surface area contributed by atoms with Gasteiger partial charge in [-0.25, -0.2) is 0 Å². The summed E-state index contributed by atoms with van der Waals surface area (Å²) in [4.78, 5) is 90.2. The highest BCUT2D eigenvalue weighted by Gasteiger charge is 2.51. The first-order chi connectivity index (χ1) is 41.9. The monoisotopic (exact) mass is 1340 g/mol. The van der Waals surface area contributed by atoms with Crippen LogP contribution in [0.15, 0.2) is 33.5 Å². The summed E-state index contributed by atoms with van der Waals surface area (Å²) < 4.78 is 63.6. The van der Waals surface area contributed by atoms with Crippen LogP contribution >= 0.6 is 12.4 Å². The number of nitrogens with two attached hydrogens (primary N) is 2. The molecule has 0 radical (unpaired) electrons. The maximum atomic E-state index is 13.0. The molecule has 0 aliphatic carbocycles. The Morgan fingerprint density at radius 2 is 1.01 bits per heavy atom. The quantitative estimate of drug-likeness (QED) is 0.00655. The second kappa shape index (κ2) is 54.2. The molecule has 1 aromatic carbocycles. The average molecular weight is 1340 g/mol. The smallest absolute Gasteiger partial charge is 0.306 e. The molecule has 0 amide bonds. The fraction of sp³-hybridized carbons (Fsp3) is 0.776. The van der Waals surface area contributed by atoms with Crippen LogP contribution in [0.5, 0.6) is 5.75 Å². The Balaban J connectivity index is -0.000000372. The molecular formula is C58H104ClN11O20S. The van der Waals surface area contributed by atoms with E-state index in [-0.39, 0.29) is 99.0 Å². The molecular weight excluding hydrogens is 1240 g/mol. The SMILES string of the molecule is CC(=O)O[C@H]1[C@H](Oc2ccc(CO)cc2C(=O)CCCCN=[N+]=[N-])O[C@H](C(C)=O)[C@@H](C)[C@@H]1OC(C)=O.CC(C)(C)OC(=O)CCCCN=[N+]=[N-].CC(C)(C)OC(=O)CCCCO.CC(C)(C)OC(=O)CCCCOS(C)(=O)=O.Cl.NCCCO.[N-]=[N+]=NCCCN. The number of halogens is 1. The van der Waals surface area contributed by atoms with E-state index in [2.05, 4.69) is 34.3 Å². The number of esters is 5. The predicted molar refractivity (Wildman–Crippen MR) is 341 cm³/mol. The minimum Gasteiger partial charge on any atom is -0.460 e. The van der Waals surface area contributed by atoms with Crippen molar-refractivity contribution in [2.24, 2.45) is 32.7 Å². The van der Waals surface area contributed by atoms with Crippen molar-refractivity contribution < 1.29 is 94.6 Å². The predicted octanol–water partition coefficient (Wildman–Crippen LogP) is 9.20. The van der Waals surface area contributed by atoms with E-state index in [9.17, 15) is 47.1 Å². The zero-order valence-electron chi connectivity index (χ0n) is 55.7. The molecule has 1 aromatic rings. The largest absolute Gasteiger partial charge is 0.460 e. The first-order valence-electron chi connectivity index (χ1n) is 29.5. The van der Waals surface area contributed by atoms with Gasteiger partial charge in [0.2, 0.25) is 12.4 Å². The van der Waals surface area contributed by atoms with Gasteiger partial charge in [0.1, 0.15) is 28.7 Å². The highest BCUT2D eigenvalue weighted by molar-refractivity contribution is 7.85. The van der Waals surface area contributed by atoms with Gasteiger partial charge in [0.15, 0.2) is 17.7 Å². The third-order valence-corrected chi connectivity index (χ3v) is 11.2. The summed E-state index contributed by atoms with van der Waals surface area (Å²) in [6.07, 6.45) is 3.86. The first-order valence-corrected chi connectivity index (χ1v) is 31.3. The Kier molecular flexibility index (Phi) is 55.6. The van der Waals surface area contributed by atoms with E-state index < -0.39 is 69.4 Å². The molecule has 1 saturated heterocycles. The number of ketones is 2. The zero-order valence-corrected chi connectivity index (χ0v) is 57.3. The highest BCUT2D eigenvalue weighted by atomic mass is 35.5. The number of hydrogen-bond acceptors (Lipinski definition) is 25. The molecule has 0 spiro atoms. The number of ether oxygens (including phenoxy) is 7. The lowest BCUT2D eigenvalue weighted by Gasteiger charge is -2.43. The van der Waals surface area contributed by atoms with Gasteiger partial charge >= 0.3 is 29.8 Å². The standard InChI is InChI=1S/C24H31N3O9.C10H20O5S.C9H17N3O2.C9H18O3.C3H8N4.C3H9NO.ClH/c1-13-21(14(2)29)36-24(23(34-16(4)31)22(13)33-15(3)30)35-20-9-8-17(12-28)11-18(20)19(32)7-5-6-10-26-27-25;1-10(2,3)15-9(11)7-5-6-8-14-16(4,12)13;1-9(2,3)14-8(13)6-4-5-7-11-12-10;1-9(2,3)12-8(11)6-4-5-7-10;4-2-1-3-6-7-5;4-2-1-3-5;/h8-9,11,13,21-24,28H,5-7,10,12H2,1-4H3;5-8H2,1-4H3;4-7H2,1-3H3;10H,4-7H2,1-3H3;1-4H2;5H,1-4H2;1H/t13-,21+,22+,23-,24-;;;;;;/m1....../s1. The van der Waals surface area contributed by atoms with Gasteiger partial charge in [-0.05, 0) is 181 Å². The van der Waals surface area contributed by atoms with Crippen LogP contribution < -0.4 is 16.2 Å². The molecule has 2 rings (SSSR count). The van der Waals surface area contributed by atoms with Gasteiger partial charge < -0.3 is 59.9 Å². The number of benzene rings is 1. The van der Waals surface area contributed by atoms with Crippen LogP contribution in [0, 0.1) is 5.92 Å². The van der Waals surface area contributed by atoms with Gasteiger partial charge in [-0.3, -0.25) is 37.7 Å². The van der Waals surface area contributed by atoms with Crippen molar-refractivity contribution in [1.29, 1.82) is 0 Å².